The van der Waals surface area contributed by atoms with Crippen molar-refractivity contribution < 1.29 is 14.3 Å². The molecule has 4 rings (SSSR count). The van der Waals surface area contributed by atoms with Gasteiger partial charge >= 0.3 is 6.09 Å². The molecule has 5 nitrogen and oxygen atoms in total. The molecule has 1 amide bonds. The van der Waals surface area contributed by atoms with Crippen LogP contribution in [0.5, 0.6) is 5.75 Å². The van der Waals surface area contributed by atoms with Crippen LogP contribution in [-0.4, -0.2) is 50.4 Å². The van der Waals surface area contributed by atoms with E-state index in [-0.39, 0.29) is 6.09 Å². The highest BCUT2D eigenvalue weighted by molar-refractivity contribution is 6.31. The highest BCUT2D eigenvalue weighted by Gasteiger charge is 2.30. The minimum atomic E-state index is -0.243. The molecular formula is C25H31ClN2O3. The lowest BCUT2D eigenvalue weighted by atomic mass is 9.89. The van der Waals surface area contributed by atoms with E-state index < -0.39 is 0 Å². The molecule has 2 aromatic rings. The first-order valence-corrected chi connectivity index (χ1v) is 11.6. The summed E-state index contributed by atoms with van der Waals surface area (Å²) in [6.45, 7) is 6.98. The fourth-order valence-corrected chi connectivity index (χ4v) is 4.79. The maximum atomic E-state index is 12.2. The van der Waals surface area contributed by atoms with Crippen LogP contribution in [0.1, 0.15) is 25.3 Å². The molecule has 0 saturated carbocycles. The van der Waals surface area contributed by atoms with E-state index in [2.05, 4.69) is 11.0 Å². The zero-order valence-corrected chi connectivity index (χ0v) is 18.9. The van der Waals surface area contributed by atoms with Gasteiger partial charge in [-0.25, -0.2) is 4.79 Å². The Morgan fingerprint density at radius 2 is 1.87 bits per heavy atom. The number of benzene rings is 2. The number of cyclic esters (lactones) is 1. The van der Waals surface area contributed by atoms with Crippen LogP contribution in [-0.2, 0) is 11.2 Å². The van der Waals surface area contributed by atoms with Gasteiger partial charge in [-0.3, -0.25) is 4.90 Å². The van der Waals surface area contributed by atoms with Gasteiger partial charge in [-0.1, -0.05) is 29.8 Å². The van der Waals surface area contributed by atoms with Gasteiger partial charge in [0.05, 0.1) is 13.2 Å². The van der Waals surface area contributed by atoms with Gasteiger partial charge in [-0.15, -0.1) is 0 Å². The van der Waals surface area contributed by atoms with Gasteiger partial charge in [-0.05, 0) is 81.1 Å². The number of amides is 1. The number of likely N-dealkylation sites (tertiary alicyclic amines) is 1. The third-order valence-electron chi connectivity index (χ3n) is 6.23. The van der Waals surface area contributed by atoms with Crippen molar-refractivity contribution in [3.8, 4) is 5.75 Å². The van der Waals surface area contributed by atoms with Gasteiger partial charge in [-0.2, -0.15) is 0 Å². The molecular weight excluding hydrogens is 412 g/mol. The predicted octanol–water partition coefficient (Wildman–Crippen LogP) is 5.27. The summed E-state index contributed by atoms with van der Waals surface area (Å²) in [6.07, 6.45) is 3.07. The van der Waals surface area contributed by atoms with E-state index in [1.54, 1.807) is 4.90 Å². The Hall–Kier alpha value is -2.24. The third-order valence-corrected chi connectivity index (χ3v) is 6.60. The average Bonchev–Trinajstić information content (AvgIpc) is 2.79. The van der Waals surface area contributed by atoms with E-state index in [9.17, 15) is 4.79 Å². The fraction of sp³-hybridized carbons (Fsp3) is 0.480. The van der Waals surface area contributed by atoms with Crippen LogP contribution >= 0.6 is 11.6 Å². The number of carbonyl (C=O) groups is 1. The highest BCUT2D eigenvalue weighted by atomic mass is 35.5. The molecule has 6 heteroatoms. The Morgan fingerprint density at radius 3 is 2.61 bits per heavy atom. The van der Waals surface area contributed by atoms with Gasteiger partial charge in [0.2, 0.25) is 0 Å². The van der Waals surface area contributed by atoms with Crippen molar-refractivity contribution >= 4 is 23.4 Å². The van der Waals surface area contributed by atoms with Crippen LogP contribution in [0.15, 0.2) is 48.5 Å². The quantitative estimate of drug-likeness (QED) is 0.586. The third kappa shape index (κ3) is 5.72. The van der Waals surface area contributed by atoms with Gasteiger partial charge in [0.15, 0.2) is 0 Å². The first-order valence-electron chi connectivity index (χ1n) is 11.2. The predicted molar refractivity (Wildman–Crippen MR) is 124 cm³/mol. The normalized spacial score (nSPS) is 20.5. The average molecular weight is 443 g/mol. The van der Waals surface area contributed by atoms with E-state index in [4.69, 9.17) is 21.1 Å². The molecule has 0 spiro atoms. The molecule has 2 fully saturated rings. The van der Waals surface area contributed by atoms with E-state index in [0.717, 1.165) is 55.4 Å². The monoisotopic (exact) mass is 442 g/mol. The Bertz CT molecular complexity index is 868. The second-order valence-corrected chi connectivity index (χ2v) is 8.93. The van der Waals surface area contributed by atoms with Gasteiger partial charge in [0, 0.05) is 29.7 Å². The Kier molecular flexibility index (Phi) is 7.36. The molecule has 2 aliphatic heterocycles. The minimum Gasteiger partial charge on any atom is -0.494 e. The lowest BCUT2D eigenvalue weighted by Gasteiger charge is -2.38. The molecule has 0 aromatic heterocycles. The van der Waals surface area contributed by atoms with Crippen LogP contribution in [0, 0.1) is 11.8 Å². The Balaban J connectivity index is 1.28. The standard InChI is InChI=1S/C25H31ClN2O3/c1-2-30-23-8-9-24(26)21(15-23)14-19-10-12-27(13-11-19)16-20-17-28(25(29)31-18-20)22-6-4-3-5-7-22/h3-9,15,19-20H,2,10-14,16-18H2,1H3. The summed E-state index contributed by atoms with van der Waals surface area (Å²) >= 11 is 6.44. The number of piperidine rings is 1. The van der Waals surface area contributed by atoms with Crippen LogP contribution < -0.4 is 9.64 Å². The smallest absolute Gasteiger partial charge is 0.414 e. The summed E-state index contributed by atoms with van der Waals surface area (Å²) in [6, 6.07) is 15.8. The zero-order chi connectivity index (χ0) is 21.6. The second-order valence-electron chi connectivity index (χ2n) is 8.52. The van der Waals surface area contributed by atoms with Crippen LogP contribution in [0.3, 0.4) is 0 Å². The van der Waals surface area contributed by atoms with Crippen LogP contribution in [0.4, 0.5) is 10.5 Å². The van der Waals surface area contributed by atoms with Crippen molar-refractivity contribution in [3.05, 3.63) is 59.1 Å². The molecule has 1 atom stereocenters. The number of nitrogens with zero attached hydrogens (tertiary/aromatic N) is 2. The maximum absolute atomic E-state index is 12.2. The first-order chi connectivity index (χ1) is 15.1. The van der Waals surface area contributed by atoms with Crippen molar-refractivity contribution in [2.24, 2.45) is 11.8 Å². The minimum absolute atomic E-state index is 0.243. The van der Waals surface area contributed by atoms with Crippen molar-refractivity contribution in [2.75, 3.05) is 44.3 Å². The first kappa shape index (κ1) is 22.0. The molecule has 166 valence electrons. The fourth-order valence-electron chi connectivity index (χ4n) is 4.59. The molecule has 0 radical (unpaired) electrons. The molecule has 2 aliphatic rings. The molecule has 0 aliphatic carbocycles. The summed E-state index contributed by atoms with van der Waals surface area (Å²) < 4.78 is 11.1. The molecule has 2 heterocycles. The van der Waals surface area contributed by atoms with Crippen LogP contribution in [0.2, 0.25) is 5.02 Å². The topological polar surface area (TPSA) is 42.0 Å². The number of carbonyl (C=O) groups excluding carboxylic acids is 1. The lowest BCUT2D eigenvalue weighted by molar-refractivity contribution is 0.0870. The second kappa shape index (κ2) is 10.4. The summed E-state index contributed by atoms with van der Waals surface area (Å²) in [5.74, 6) is 1.86. The number of ether oxygens (including phenoxy) is 2. The molecule has 0 N–H and O–H groups in total. The van der Waals surface area contributed by atoms with Crippen molar-refractivity contribution in [1.82, 2.24) is 4.90 Å². The van der Waals surface area contributed by atoms with E-state index in [0.29, 0.717) is 31.6 Å². The lowest BCUT2D eigenvalue weighted by Crippen LogP contribution is -2.48. The number of rotatable bonds is 7. The molecule has 1 unspecified atom stereocenters. The van der Waals surface area contributed by atoms with E-state index in [1.165, 1.54) is 5.56 Å². The van der Waals surface area contributed by atoms with Crippen molar-refractivity contribution in [1.29, 1.82) is 0 Å². The number of anilines is 1. The zero-order valence-electron chi connectivity index (χ0n) is 18.1. The van der Waals surface area contributed by atoms with Gasteiger partial charge < -0.3 is 14.4 Å². The molecule has 2 aromatic carbocycles. The molecule has 2 saturated heterocycles. The van der Waals surface area contributed by atoms with E-state index >= 15 is 0 Å². The van der Waals surface area contributed by atoms with Gasteiger partial charge in [0.1, 0.15) is 5.75 Å². The number of hydrogen-bond acceptors (Lipinski definition) is 4. The summed E-state index contributed by atoms with van der Waals surface area (Å²) in [5.41, 5.74) is 2.09. The number of hydrogen-bond donors (Lipinski definition) is 0. The van der Waals surface area contributed by atoms with Crippen molar-refractivity contribution in [2.45, 2.75) is 26.2 Å². The largest absolute Gasteiger partial charge is 0.494 e. The summed E-state index contributed by atoms with van der Waals surface area (Å²) in [4.78, 5) is 16.5. The Labute approximate surface area is 189 Å². The molecule has 0 bridgehead atoms. The molecule has 31 heavy (non-hydrogen) atoms. The maximum Gasteiger partial charge on any atom is 0.414 e. The van der Waals surface area contributed by atoms with Gasteiger partial charge in [0.25, 0.3) is 0 Å². The van der Waals surface area contributed by atoms with E-state index in [1.807, 2.05) is 49.4 Å². The van der Waals surface area contributed by atoms with Crippen LogP contribution in [0.25, 0.3) is 0 Å². The summed E-state index contributed by atoms with van der Waals surface area (Å²) in [7, 11) is 0. The van der Waals surface area contributed by atoms with Crippen molar-refractivity contribution in [3.63, 3.8) is 0 Å². The SMILES string of the molecule is CCOc1ccc(Cl)c(CC2CCN(CC3COC(=O)N(c4ccccc4)C3)CC2)c1. The number of halogens is 1. The highest BCUT2D eigenvalue weighted by Crippen LogP contribution is 2.29. The number of para-hydroxylation sites is 1. The Morgan fingerprint density at radius 1 is 1.10 bits per heavy atom. The summed E-state index contributed by atoms with van der Waals surface area (Å²) in [5, 5.41) is 0.830.